The van der Waals surface area contributed by atoms with E-state index in [0.29, 0.717) is 12.2 Å². The van der Waals surface area contributed by atoms with Crippen LogP contribution < -0.4 is 9.47 Å². The number of ether oxygens (including phenoxy) is 2. The molecule has 0 saturated heterocycles. The first kappa shape index (κ1) is 10.0. The molecule has 1 aliphatic rings. The Morgan fingerprint density at radius 3 is 2.07 bits per heavy atom. The molecule has 0 bridgehead atoms. The van der Waals surface area contributed by atoms with Crippen LogP contribution in [0.2, 0.25) is 0 Å². The van der Waals surface area contributed by atoms with Gasteiger partial charge >= 0.3 is 0 Å². The topological polar surface area (TPSA) is 35.5 Å². The van der Waals surface area contributed by atoms with Crippen molar-refractivity contribution in [3.05, 3.63) is 23.8 Å². The second-order valence-corrected chi connectivity index (χ2v) is 3.70. The summed E-state index contributed by atoms with van der Waals surface area (Å²) in [6, 6.07) is 5.63. The highest BCUT2D eigenvalue weighted by Gasteiger charge is 2.30. The molecule has 1 fully saturated rings. The molecule has 1 aromatic carbocycles. The molecule has 0 aliphatic heterocycles. The van der Waals surface area contributed by atoms with Crippen molar-refractivity contribution >= 4 is 5.78 Å². The summed E-state index contributed by atoms with van der Waals surface area (Å²) in [7, 11) is 3.22. The van der Waals surface area contributed by atoms with Gasteiger partial charge in [-0.3, -0.25) is 4.79 Å². The molecular formula is C12H14O3. The average molecular weight is 206 g/mol. The van der Waals surface area contributed by atoms with Gasteiger partial charge in [-0.25, -0.2) is 0 Å². The van der Waals surface area contributed by atoms with E-state index in [1.807, 2.05) is 18.2 Å². The lowest BCUT2D eigenvalue weighted by Gasteiger charge is -2.24. The normalized spacial score (nSPS) is 19.6. The standard InChI is InChI=1S/C12H14O3/c1-14-9-5-8(6-10(7-9)15-2)11-3-4-12(11)13/h5-7,11H,3-4H2,1-2H3. The van der Waals surface area contributed by atoms with E-state index < -0.39 is 0 Å². The van der Waals surface area contributed by atoms with Crippen LogP contribution in [0.25, 0.3) is 0 Å². The number of carbonyl (C=O) groups is 1. The first-order chi connectivity index (χ1) is 7.24. The third-order valence-corrected chi connectivity index (χ3v) is 2.84. The number of Topliss-reactive ketones (excluding diaryl/α,β-unsaturated/α-hetero) is 1. The van der Waals surface area contributed by atoms with E-state index in [1.165, 1.54) is 0 Å². The van der Waals surface area contributed by atoms with Gasteiger partial charge in [0.1, 0.15) is 17.3 Å². The number of rotatable bonds is 3. The first-order valence-corrected chi connectivity index (χ1v) is 5.00. The number of hydrogen-bond donors (Lipinski definition) is 0. The van der Waals surface area contributed by atoms with E-state index in [9.17, 15) is 4.79 Å². The zero-order valence-corrected chi connectivity index (χ0v) is 8.95. The third kappa shape index (κ3) is 1.82. The zero-order chi connectivity index (χ0) is 10.8. The number of ketones is 1. The zero-order valence-electron chi connectivity index (χ0n) is 8.95. The van der Waals surface area contributed by atoms with Crippen molar-refractivity contribution in [2.24, 2.45) is 0 Å². The van der Waals surface area contributed by atoms with Crippen molar-refractivity contribution in [3.8, 4) is 11.5 Å². The highest BCUT2D eigenvalue weighted by Crippen LogP contribution is 2.36. The molecule has 0 heterocycles. The van der Waals surface area contributed by atoms with E-state index in [4.69, 9.17) is 9.47 Å². The second kappa shape index (κ2) is 3.93. The minimum atomic E-state index is 0.0500. The van der Waals surface area contributed by atoms with E-state index in [2.05, 4.69) is 0 Å². The van der Waals surface area contributed by atoms with Gasteiger partial charge in [0.25, 0.3) is 0 Å². The van der Waals surface area contributed by atoms with E-state index >= 15 is 0 Å². The van der Waals surface area contributed by atoms with Crippen LogP contribution in [0.5, 0.6) is 11.5 Å². The van der Waals surface area contributed by atoms with Crippen molar-refractivity contribution in [1.82, 2.24) is 0 Å². The third-order valence-electron chi connectivity index (χ3n) is 2.84. The molecule has 80 valence electrons. The minimum absolute atomic E-state index is 0.0500. The molecule has 0 amide bonds. The van der Waals surface area contributed by atoms with E-state index in [0.717, 1.165) is 23.5 Å². The molecule has 1 saturated carbocycles. The van der Waals surface area contributed by atoms with Gasteiger partial charge in [0.15, 0.2) is 0 Å². The van der Waals surface area contributed by atoms with Gasteiger partial charge in [0.2, 0.25) is 0 Å². The van der Waals surface area contributed by atoms with Crippen molar-refractivity contribution < 1.29 is 14.3 Å². The lowest BCUT2D eigenvalue weighted by atomic mass is 9.78. The highest BCUT2D eigenvalue weighted by molar-refractivity contribution is 5.91. The summed E-state index contributed by atoms with van der Waals surface area (Å²) in [5, 5.41) is 0. The molecule has 3 heteroatoms. The Morgan fingerprint density at radius 2 is 1.73 bits per heavy atom. The summed E-state index contributed by atoms with van der Waals surface area (Å²) in [5.74, 6) is 1.84. The smallest absolute Gasteiger partial charge is 0.140 e. The van der Waals surface area contributed by atoms with Gasteiger partial charge in [-0.1, -0.05) is 0 Å². The van der Waals surface area contributed by atoms with Crippen molar-refractivity contribution in [1.29, 1.82) is 0 Å². The second-order valence-electron chi connectivity index (χ2n) is 3.70. The molecule has 1 unspecified atom stereocenters. The molecule has 0 spiro atoms. The molecule has 1 atom stereocenters. The maximum absolute atomic E-state index is 11.3. The average Bonchev–Trinajstić information content (AvgIpc) is 2.26. The Kier molecular flexibility index (Phi) is 2.62. The Labute approximate surface area is 89.0 Å². The van der Waals surface area contributed by atoms with E-state index in [-0.39, 0.29) is 5.92 Å². The number of hydrogen-bond acceptors (Lipinski definition) is 3. The first-order valence-electron chi connectivity index (χ1n) is 5.00. The Bertz CT molecular complexity index is 362. The lowest BCUT2D eigenvalue weighted by molar-refractivity contribution is -0.125. The molecular weight excluding hydrogens is 192 g/mol. The highest BCUT2D eigenvalue weighted by atomic mass is 16.5. The van der Waals surface area contributed by atoms with Gasteiger partial charge < -0.3 is 9.47 Å². The summed E-state index contributed by atoms with van der Waals surface area (Å²) in [4.78, 5) is 11.3. The fourth-order valence-corrected chi connectivity index (χ4v) is 1.79. The quantitative estimate of drug-likeness (QED) is 0.760. The maximum atomic E-state index is 11.3. The number of methoxy groups -OCH3 is 2. The van der Waals surface area contributed by atoms with Gasteiger partial charge in [-0.2, -0.15) is 0 Å². The van der Waals surface area contributed by atoms with Crippen molar-refractivity contribution in [2.75, 3.05) is 14.2 Å². The summed E-state index contributed by atoms with van der Waals surface area (Å²) in [6.45, 7) is 0. The fraction of sp³-hybridized carbons (Fsp3) is 0.417. The van der Waals surface area contributed by atoms with Crippen molar-refractivity contribution in [3.63, 3.8) is 0 Å². The van der Waals surface area contributed by atoms with Gasteiger partial charge in [0, 0.05) is 18.4 Å². The fourth-order valence-electron chi connectivity index (χ4n) is 1.79. The Balaban J connectivity index is 2.33. The van der Waals surface area contributed by atoms with Crippen molar-refractivity contribution in [2.45, 2.75) is 18.8 Å². The van der Waals surface area contributed by atoms with Gasteiger partial charge in [-0.15, -0.1) is 0 Å². The largest absolute Gasteiger partial charge is 0.497 e. The predicted octanol–water partition coefficient (Wildman–Crippen LogP) is 2.15. The van der Waals surface area contributed by atoms with Crippen LogP contribution in [-0.4, -0.2) is 20.0 Å². The van der Waals surface area contributed by atoms with Crippen LogP contribution in [0.15, 0.2) is 18.2 Å². The summed E-state index contributed by atoms with van der Waals surface area (Å²) >= 11 is 0. The molecule has 0 aromatic heterocycles. The molecule has 1 aliphatic carbocycles. The lowest BCUT2D eigenvalue weighted by Crippen LogP contribution is -2.23. The monoisotopic (exact) mass is 206 g/mol. The Morgan fingerprint density at radius 1 is 1.13 bits per heavy atom. The van der Waals surface area contributed by atoms with E-state index in [1.54, 1.807) is 14.2 Å². The van der Waals surface area contributed by atoms with Crippen LogP contribution in [0, 0.1) is 0 Å². The Hall–Kier alpha value is -1.51. The van der Waals surface area contributed by atoms with Crippen LogP contribution >= 0.6 is 0 Å². The van der Waals surface area contributed by atoms with Gasteiger partial charge in [-0.05, 0) is 24.1 Å². The number of benzene rings is 1. The van der Waals surface area contributed by atoms with Crippen LogP contribution in [-0.2, 0) is 4.79 Å². The molecule has 15 heavy (non-hydrogen) atoms. The van der Waals surface area contributed by atoms with Crippen LogP contribution in [0.1, 0.15) is 24.3 Å². The SMILES string of the molecule is COc1cc(OC)cc(C2CCC2=O)c1. The van der Waals surface area contributed by atoms with Crippen LogP contribution in [0.4, 0.5) is 0 Å². The molecule has 3 nitrogen and oxygen atoms in total. The molecule has 0 N–H and O–H groups in total. The van der Waals surface area contributed by atoms with Crippen LogP contribution in [0.3, 0.4) is 0 Å². The molecule has 0 radical (unpaired) electrons. The van der Waals surface area contributed by atoms with Gasteiger partial charge in [0.05, 0.1) is 14.2 Å². The minimum Gasteiger partial charge on any atom is -0.497 e. The maximum Gasteiger partial charge on any atom is 0.140 e. The molecule has 1 aromatic rings. The number of carbonyl (C=O) groups excluding carboxylic acids is 1. The summed E-state index contributed by atoms with van der Waals surface area (Å²) in [5.41, 5.74) is 1.00. The molecule has 2 rings (SSSR count). The summed E-state index contributed by atoms with van der Waals surface area (Å²) in [6.07, 6.45) is 1.64. The summed E-state index contributed by atoms with van der Waals surface area (Å²) < 4.78 is 10.3. The predicted molar refractivity (Wildman–Crippen MR) is 56.5 cm³/mol.